The lowest BCUT2D eigenvalue weighted by Gasteiger charge is -2.18. The highest BCUT2D eigenvalue weighted by molar-refractivity contribution is 5.72. The van der Waals surface area contributed by atoms with Crippen molar-refractivity contribution in [2.24, 2.45) is 5.73 Å². The maximum Gasteiger partial charge on any atom is 0.320 e. The summed E-state index contributed by atoms with van der Waals surface area (Å²) in [6.07, 6.45) is 7.68. The number of hydrogen-bond donors (Lipinski definition) is 3. The zero-order chi connectivity index (χ0) is 13.4. The first-order chi connectivity index (χ1) is 8.63. The van der Waals surface area contributed by atoms with Crippen LogP contribution >= 0.6 is 0 Å². The van der Waals surface area contributed by atoms with Crippen LogP contribution in [-0.4, -0.2) is 29.2 Å². The molecule has 3 atom stereocenters. The van der Waals surface area contributed by atoms with Crippen molar-refractivity contribution in [3.05, 3.63) is 0 Å². The number of carboxylic acid groups (broad SMARTS) is 1. The summed E-state index contributed by atoms with van der Waals surface area (Å²) >= 11 is 0. The number of carbonyl (C=O) groups is 1. The van der Waals surface area contributed by atoms with E-state index in [2.05, 4.69) is 11.4 Å². The van der Waals surface area contributed by atoms with Crippen LogP contribution in [0.2, 0.25) is 0 Å². The molecule has 5 nitrogen and oxygen atoms in total. The zero-order valence-electron chi connectivity index (χ0n) is 10.8. The van der Waals surface area contributed by atoms with Gasteiger partial charge in [0.25, 0.3) is 0 Å². The maximum absolute atomic E-state index is 10.5. The Bertz CT molecular complexity index is 301. The monoisotopic (exact) mass is 253 g/mol. The normalized spacial score (nSPS) is 26.0. The number of nitrogens with zero attached hydrogens (tertiary/aromatic N) is 1. The number of nitriles is 1. The fraction of sp³-hybridized carbons (Fsp3) is 0.846. The number of unbranched alkanes of at least 4 members (excludes halogenated alkanes) is 1. The number of hydrogen-bond acceptors (Lipinski definition) is 4. The molecule has 1 aliphatic heterocycles. The van der Waals surface area contributed by atoms with E-state index in [0.717, 1.165) is 38.5 Å². The molecule has 18 heavy (non-hydrogen) atoms. The highest BCUT2D eigenvalue weighted by Crippen LogP contribution is 2.17. The lowest BCUT2D eigenvalue weighted by atomic mass is 10.0. The van der Waals surface area contributed by atoms with Crippen molar-refractivity contribution < 1.29 is 9.90 Å². The average Bonchev–Trinajstić information content (AvgIpc) is 2.59. The molecule has 1 fully saturated rings. The summed E-state index contributed by atoms with van der Waals surface area (Å²) in [6, 6.07) is 1.94. The maximum atomic E-state index is 10.5. The van der Waals surface area contributed by atoms with Gasteiger partial charge >= 0.3 is 5.97 Å². The van der Waals surface area contributed by atoms with Crippen molar-refractivity contribution in [3.63, 3.8) is 0 Å². The number of nitrogens with two attached hydrogens (primary N) is 1. The van der Waals surface area contributed by atoms with E-state index in [4.69, 9.17) is 16.1 Å². The molecule has 0 aliphatic carbocycles. The molecule has 4 N–H and O–H groups in total. The van der Waals surface area contributed by atoms with Crippen LogP contribution in [0.4, 0.5) is 0 Å². The molecule has 1 rings (SSSR count). The van der Waals surface area contributed by atoms with Crippen molar-refractivity contribution in [3.8, 4) is 6.07 Å². The Morgan fingerprint density at radius 3 is 2.83 bits per heavy atom. The van der Waals surface area contributed by atoms with Gasteiger partial charge < -0.3 is 10.8 Å². The van der Waals surface area contributed by atoms with Crippen LogP contribution in [0.5, 0.6) is 0 Å². The van der Waals surface area contributed by atoms with Crippen molar-refractivity contribution >= 4 is 5.97 Å². The SMILES string of the molecule is N#CC1CCCC[C@H](CCCC[C@@H](N)C(=O)O)N1. The van der Waals surface area contributed by atoms with Gasteiger partial charge in [-0.1, -0.05) is 25.7 Å². The molecule has 1 unspecified atom stereocenters. The third-order valence-electron chi connectivity index (χ3n) is 3.52. The van der Waals surface area contributed by atoms with E-state index in [1.165, 1.54) is 6.42 Å². The summed E-state index contributed by atoms with van der Waals surface area (Å²) in [6.45, 7) is 0. The fourth-order valence-corrected chi connectivity index (χ4v) is 2.40. The third kappa shape index (κ3) is 5.48. The number of rotatable bonds is 6. The summed E-state index contributed by atoms with van der Waals surface area (Å²) in [4.78, 5) is 10.5. The Morgan fingerprint density at radius 1 is 1.44 bits per heavy atom. The van der Waals surface area contributed by atoms with E-state index in [1.807, 2.05) is 0 Å². The first-order valence-electron chi connectivity index (χ1n) is 6.77. The Kier molecular flexibility index (Phi) is 6.69. The first kappa shape index (κ1) is 14.9. The largest absolute Gasteiger partial charge is 0.480 e. The second kappa shape index (κ2) is 8.06. The molecule has 0 aromatic carbocycles. The van der Waals surface area contributed by atoms with Crippen molar-refractivity contribution in [2.45, 2.75) is 69.5 Å². The Hall–Kier alpha value is -1.12. The van der Waals surface area contributed by atoms with E-state index in [9.17, 15) is 4.79 Å². The molecule has 0 aromatic heterocycles. The lowest BCUT2D eigenvalue weighted by molar-refractivity contribution is -0.138. The molecular weight excluding hydrogens is 230 g/mol. The molecular formula is C13H23N3O2. The summed E-state index contributed by atoms with van der Waals surface area (Å²) in [5.74, 6) is -0.924. The molecule has 102 valence electrons. The third-order valence-corrected chi connectivity index (χ3v) is 3.52. The van der Waals surface area contributed by atoms with Gasteiger partial charge in [0.2, 0.25) is 0 Å². The predicted octanol–water partition coefficient (Wildman–Crippen LogP) is 1.38. The number of nitrogens with one attached hydrogen (secondary N) is 1. The Balaban J connectivity index is 2.18. The van der Waals surface area contributed by atoms with Gasteiger partial charge in [-0.3, -0.25) is 10.1 Å². The molecule has 0 radical (unpaired) electrons. The summed E-state index contributed by atoms with van der Waals surface area (Å²) in [5.41, 5.74) is 5.45. The van der Waals surface area contributed by atoms with Crippen LogP contribution in [-0.2, 0) is 4.79 Å². The molecule has 0 saturated carbocycles. The van der Waals surface area contributed by atoms with E-state index in [0.29, 0.717) is 12.5 Å². The van der Waals surface area contributed by atoms with Gasteiger partial charge in [-0.05, 0) is 25.7 Å². The van der Waals surface area contributed by atoms with Crippen LogP contribution < -0.4 is 11.1 Å². The molecule has 0 aromatic rings. The molecule has 0 bridgehead atoms. The van der Waals surface area contributed by atoms with Gasteiger partial charge in [0, 0.05) is 6.04 Å². The van der Waals surface area contributed by atoms with E-state index in [-0.39, 0.29) is 6.04 Å². The Labute approximate surface area is 108 Å². The van der Waals surface area contributed by atoms with E-state index >= 15 is 0 Å². The minimum Gasteiger partial charge on any atom is -0.480 e. The second-order valence-electron chi connectivity index (χ2n) is 5.06. The smallest absolute Gasteiger partial charge is 0.320 e. The van der Waals surface area contributed by atoms with Crippen LogP contribution in [0.15, 0.2) is 0 Å². The molecule has 1 saturated heterocycles. The van der Waals surface area contributed by atoms with Crippen LogP contribution in [0, 0.1) is 11.3 Å². The Morgan fingerprint density at radius 2 is 2.17 bits per heavy atom. The standard InChI is InChI=1S/C13H23N3O2/c14-9-11-7-2-1-5-10(16-11)6-3-4-8-12(15)13(17)18/h10-12,16H,1-8,15H2,(H,17,18)/t10-,11?,12-/m1/s1. The topological polar surface area (TPSA) is 99.1 Å². The minimum atomic E-state index is -0.924. The quantitative estimate of drug-likeness (QED) is 0.621. The summed E-state index contributed by atoms with van der Waals surface area (Å²) < 4.78 is 0. The van der Waals surface area contributed by atoms with Crippen molar-refractivity contribution in [1.29, 1.82) is 5.26 Å². The van der Waals surface area contributed by atoms with Crippen molar-refractivity contribution in [2.75, 3.05) is 0 Å². The first-order valence-corrected chi connectivity index (χ1v) is 6.77. The van der Waals surface area contributed by atoms with Crippen LogP contribution in [0.3, 0.4) is 0 Å². The van der Waals surface area contributed by atoms with E-state index in [1.54, 1.807) is 0 Å². The number of carboxylic acids is 1. The van der Waals surface area contributed by atoms with Gasteiger partial charge in [0.15, 0.2) is 0 Å². The summed E-state index contributed by atoms with van der Waals surface area (Å²) in [7, 11) is 0. The number of aliphatic carboxylic acids is 1. The summed E-state index contributed by atoms with van der Waals surface area (Å²) in [5, 5.41) is 21.0. The fourth-order valence-electron chi connectivity index (χ4n) is 2.40. The van der Waals surface area contributed by atoms with Gasteiger partial charge in [0.1, 0.15) is 6.04 Å². The van der Waals surface area contributed by atoms with E-state index < -0.39 is 12.0 Å². The van der Waals surface area contributed by atoms with Crippen LogP contribution in [0.25, 0.3) is 0 Å². The van der Waals surface area contributed by atoms with Gasteiger partial charge in [-0.25, -0.2) is 0 Å². The molecule has 1 aliphatic rings. The lowest BCUT2D eigenvalue weighted by Crippen LogP contribution is -2.35. The highest BCUT2D eigenvalue weighted by Gasteiger charge is 2.18. The average molecular weight is 253 g/mol. The highest BCUT2D eigenvalue weighted by atomic mass is 16.4. The second-order valence-corrected chi connectivity index (χ2v) is 5.06. The van der Waals surface area contributed by atoms with Crippen molar-refractivity contribution in [1.82, 2.24) is 5.32 Å². The predicted molar refractivity (Wildman–Crippen MR) is 68.9 cm³/mol. The molecule has 5 heteroatoms. The van der Waals surface area contributed by atoms with Crippen LogP contribution in [0.1, 0.15) is 51.4 Å². The molecule has 0 amide bonds. The van der Waals surface area contributed by atoms with Gasteiger partial charge in [-0.2, -0.15) is 5.26 Å². The minimum absolute atomic E-state index is 0.0150. The zero-order valence-corrected chi connectivity index (χ0v) is 10.8. The van der Waals surface area contributed by atoms with Gasteiger partial charge in [0.05, 0.1) is 12.1 Å². The molecule has 0 spiro atoms. The van der Waals surface area contributed by atoms with Gasteiger partial charge in [-0.15, -0.1) is 0 Å². The molecule has 1 heterocycles.